The first-order valence-electron chi connectivity index (χ1n) is 9.55. The van der Waals surface area contributed by atoms with E-state index in [1.807, 2.05) is 13.0 Å². The SMILES string of the molecule is C#CCOc1c(Br)cc(/C=C2\SC(=O)N(CC(=O)Nc3ccccc3)C2=O)cc1OCC. The van der Waals surface area contributed by atoms with Crippen molar-refractivity contribution in [1.82, 2.24) is 4.90 Å². The van der Waals surface area contributed by atoms with Gasteiger partial charge in [-0.05, 0) is 70.5 Å². The Bertz CT molecular complexity index is 1110. The second-order valence-corrected chi connectivity index (χ2v) is 8.29. The number of para-hydroxylation sites is 1. The van der Waals surface area contributed by atoms with E-state index in [0.717, 1.165) is 16.7 Å². The number of terminal acetylenes is 1. The van der Waals surface area contributed by atoms with Crippen LogP contribution in [0, 0.1) is 12.3 Å². The van der Waals surface area contributed by atoms with E-state index in [1.54, 1.807) is 42.5 Å². The molecule has 0 aliphatic carbocycles. The number of thioether (sulfide) groups is 1. The minimum Gasteiger partial charge on any atom is -0.490 e. The second kappa shape index (κ2) is 10.9. The Balaban J connectivity index is 1.77. The summed E-state index contributed by atoms with van der Waals surface area (Å²) in [5.41, 5.74) is 1.20. The lowest BCUT2D eigenvalue weighted by Gasteiger charge is -2.13. The number of amides is 3. The zero-order valence-corrected chi connectivity index (χ0v) is 19.5. The average molecular weight is 515 g/mol. The van der Waals surface area contributed by atoms with Crippen LogP contribution in [0.4, 0.5) is 10.5 Å². The third-order valence-electron chi connectivity index (χ3n) is 4.16. The third kappa shape index (κ3) is 5.72. The summed E-state index contributed by atoms with van der Waals surface area (Å²) in [6, 6.07) is 12.2. The van der Waals surface area contributed by atoms with Crippen LogP contribution in [-0.4, -0.2) is 41.7 Å². The molecule has 3 rings (SSSR count). The van der Waals surface area contributed by atoms with Gasteiger partial charge in [-0.25, -0.2) is 0 Å². The molecule has 2 aromatic carbocycles. The highest BCUT2D eigenvalue weighted by atomic mass is 79.9. The molecule has 9 heteroatoms. The molecule has 1 fully saturated rings. The van der Waals surface area contributed by atoms with Gasteiger partial charge >= 0.3 is 0 Å². The molecule has 0 atom stereocenters. The number of halogens is 1. The average Bonchev–Trinajstić information content (AvgIpc) is 3.01. The Morgan fingerprint density at radius 3 is 2.69 bits per heavy atom. The number of hydrogen-bond donors (Lipinski definition) is 1. The molecule has 3 amide bonds. The number of carbonyl (C=O) groups is 3. The fraction of sp³-hybridized carbons (Fsp3) is 0.174. The van der Waals surface area contributed by atoms with Crippen molar-refractivity contribution in [2.24, 2.45) is 0 Å². The van der Waals surface area contributed by atoms with E-state index >= 15 is 0 Å². The van der Waals surface area contributed by atoms with Crippen LogP contribution >= 0.6 is 27.7 Å². The minimum atomic E-state index is -0.537. The first-order chi connectivity index (χ1) is 15.4. The molecular formula is C23H19BrN2O5S. The maximum atomic E-state index is 12.8. The van der Waals surface area contributed by atoms with Crippen LogP contribution in [0.2, 0.25) is 0 Å². The number of anilines is 1. The van der Waals surface area contributed by atoms with Crippen molar-refractivity contribution in [3.05, 3.63) is 57.4 Å². The molecule has 0 unspecified atom stereocenters. The van der Waals surface area contributed by atoms with Crippen LogP contribution in [-0.2, 0) is 9.59 Å². The van der Waals surface area contributed by atoms with Crippen molar-refractivity contribution in [2.75, 3.05) is 25.1 Å². The highest BCUT2D eigenvalue weighted by molar-refractivity contribution is 9.10. The van der Waals surface area contributed by atoms with Crippen LogP contribution < -0.4 is 14.8 Å². The van der Waals surface area contributed by atoms with Gasteiger partial charge in [-0.1, -0.05) is 24.1 Å². The Labute approximate surface area is 198 Å². The molecule has 32 heavy (non-hydrogen) atoms. The molecule has 1 N–H and O–H groups in total. The molecule has 1 aliphatic rings. The number of hydrogen-bond acceptors (Lipinski definition) is 6. The lowest BCUT2D eigenvalue weighted by molar-refractivity contribution is -0.127. The van der Waals surface area contributed by atoms with Gasteiger partial charge in [0.05, 0.1) is 16.0 Å². The van der Waals surface area contributed by atoms with Crippen molar-refractivity contribution >= 4 is 56.5 Å². The number of imide groups is 1. The lowest BCUT2D eigenvalue weighted by atomic mass is 10.2. The largest absolute Gasteiger partial charge is 0.490 e. The number of nitrogens with zero attached hydrogens (tertiary/aromatic N) is 1. The molecule has 2 aromatic rings. The Hall–Kier alpha value is -3.22. The number of nitrogens with one attached hydrogen (secondary N) is 1. The van der Waals surface area contributed by atoms with E-state index < -0.39 is 17.1 Å². The summed E-state index contributed by atoms with van der Waals surface area (Å²) in [6.45, 7) is 1.93. The number of carbonyl (C=O) groups excluding carboxylic acids is 3. The highest BCUT2D eigenvalue weighted by Gasteiger charge is 2.36. The summed E-state index contributed by atoms with van der Waals surface area (Å²) in [6.07, 6.45) is 6.83. The summed E-state index contributed by atoms with van der Waals surface area (Å²) >= 11 is 4.20. The van der Waals surface area contributed by atoms with E-state index in [1.165, 1.54) is 0 Å². The fourth-order valence-electron chi connectivity index (χ4n) is 2.84. The molecule has 0 bridgehead atoms. The van der Waals surface area contributed by atoms with E-state index in [2.05, 4.69) is 27.2 Å². The summed E-state index contributed by atoms with van der Waals surface area (Å²) in [4.78, 5) is 38.5. The summed E-state index contributed by atoms with van der Waals surface area (Å²) in [5, 5.41) is 2.15. The summed E-state index contributed by atoms with van der Waals surface area (Å²) < 4.78 is 11.7. The molecule has 0 radical (unpaired) electrons. The zero-order chi connectivity index (χ0) is 23.1. The van der Waals surface area contributed by atoms with Gasteiger partial charge in [0.15, 0.2) is 11.5 Å². The van der Waals surface area contributed by atoms with Crippen LogP contribution in [0.1, 0.15) is 12.5 Å². The van der Waals surface area contributed by atoms with Crippen LogP contribution in [0.15, 0.2) is 51.8 Å². The van der Waals surface area contributed by atoms with Gasteiger partial charge in [-0.3, -0.25) is 19.3 Å². The van der Waals surface area contributed by atoms with E-state index in [4.69, 9.17) is 15.9 Å². The molecule has 1 saturated heterocycles. The highest BCUT2D eigenvalue weighted by Crippen LogP contribution is 2.39. The topological polar surface area (TPSA) is 84.9 Å². The van der Waals surface area contributed by atoms with E-state index in [9.17, 15) is 14.4 Å². The normalized spacial score (nSPS) is 14.4. The quantitative estimate of drug-likeness (QED) is 0.411. The maximum absolute atomic E-state index is 12.8. The van der Waals surface area contributed by atoms with Crippen LogP contribution in [0.5, 0.6) is 11.5 Å². The maximum Gasteiger partial charge on any atom is 0.294 e. The van der Waals surface area contributed by atoms with Gasteiger partial charge in [0.1, 0.15) is 13.2 Å². The molecule has 0 saturated carbocycles. The predicted molar refractivity (Wildman–Crippen MR) is 127 cm³/mol. The minimum absolute atomic E-state index is 0.0714. The molecular weight excluding hydrogens is 496 g/mol. The monoisotopic (exact) mass is 514 g/mol. The number of benzene rings is 2. The smallest absolute Gasteiger partial charge is 0.294 e. The van der Waals surface area contributed by atoms with Gasteiger partial charge in [-0.15, -0.1) is 6.42 Å². The van der Waals surface area contributed by atoms with Crippen LogP contribution in [0.3, 0.4) is 0 Å². The molecule has 0 spiro atoms. The van der Waals surface area contributed by atoms with Crippen molar-refractivity contribution in [3.63, 3.8) is 0 Å². The standard InChI is InChI=1S/C23H19BrN2O5S/c1-3-10-31-21-17(24)11-15(12-18(21)30-4-2)13-19-22(28)26(23(29)32-19)14-20(27)25-16-8-6-5-7-9-16/h1,5-9,11-13H,4,10,14H2,2H3,(H,25,27)/b19-13-. The predicted octanol–water partition coefficient (Wildman–Crippen LogP) is 4.53. The molecule has 164 valence electrons. The Morgan fingerprint density at radius 2 is 2.00 bits per heavy atom. The lowest BCUT2D eigenvalue weighted by Crippen LogP contribution is -2.36. The van der Waals surface area contributed by atoms with Crippen molar-refractivity contribution in [1.29, 1.82) is 0 Å². The van der Waals surface area contributed by atoms with Gasteiger partial charge in [-0.2, -0.15) is 0 Å². The number of ether oxygens (including phenoxy) is 2. The molecule has 0 aromatic heterocycles. The van der Waals surface area contributed by atoms with Gasteiger partial charge in [0, 0.05) is 5.69 Å². The van der Waals surface area contributed by atoms with Crippen molar-refractivity contribution < 1.29 is 23.9 Å². The van der Waals surface area contributed by atoms with E-state index in [0.29, 0.717) is 33.8 Å². The van der Waals surface area contributed by atoms with Gasteiger partial charge in [0.2, 0.25) is 5.91 Å². The zero-order valence-electron chi connectivity index (χ0n) is 17.1. The second-order valence-electron chi connectivity index (χ2n) is 6.44. The summed E-state index contributed by atoms with van der Waals surface area (Å²) in [5.74, 6) is 2.30. The summed E-state index contributed by atoms with van der Waals surface area (Å²) in [7, 11) is 0. The first kappa shape index (κ1) is 23.4. The third-order valence-corrected chi connectivity index (χ3v) is 5.66. The Kier molecular flexibility index (Phi) is 7.98. The first-order valence-corrected chi connectivity index (χ1v) is 11.2. The number of rotatable bonds is 8. The van der Waals surface area contributed by atoms with Crippen molar-refractivity contribution in [2.45, 2.75) is 6.92 Å². The molecule has 1 heterocycles. The van der Waals surface area contributed by atoms with Gasteiger partial charge in [0.25, 0.3) is 11.1 Å². The fourth-order valence-corrected chi connectivity index (χ4v) is 4.25. The van der Waals surface area contributed by atoms with E-state index in [-0.39, 0.29) is 18.1 Å². The van der Waals surface area contributed by atoms with Gasteiger partial charge < -0.3 is 14.8 Å². The molecule has 7 nitrogen and oxygen atoms in total. The molecule has 1 aliphatic heterocycles. The Morgan fingerprint density at radius 1 is 1.25 bits per heavy atom. The van der Waals surface area contributed by atoms with Crippen LogP contribution in [0.25, 0.3) is 6.08 Å². The van der Waals surface area contributed by atoms with Crippen molar-refractivity contribution in [3.8, 4) is 23.8 Å².